The standard InChI is InChI=1S/C15H9F3NO3PS.C13H8F3NS.C6H6NO6P/c16-15(17,18)8-5-6-12-10(7-8)19(13(20)14(21)22-23)9-3-1-2-4-11(9)24-12;14-13(15,16)8-5-6-12-10(7-8)17-9-3-1-2-4-11(9)18-12;8-3-1-2-4(9)7(3)12-5(10)6(11)13-14/h1-7H,23H2;1-7,17H;1-2,14H2. The van der Waals surface area contributed by atoms with Gasteiger partial charge < -0.3 is 19.2 Å². The zero-order valence-corrected chi connectivity index (χ0v) is 31.7. The fourth-order valence-corrected chi connectivity index (χ4v) is 7.14. The van der Waals surface area contributed by atoms with Crippen molar-refractivity contribution in [3.63, 3.8) is 0 Å². The molecule has 1 N–H and O–H groups in total. The third-order valence-corrected chi connectivity index (χ3v) is 10.2. The Morgan fingerprint density at radius 2 is 1.11 bits per heavy atom. The number of para-hydroxylation sites is 2. The number of hydroxylamine groups is 2. The van der Waals surface area contributed by atoms with Gasteiger partial charge in [-0.25, -0.2) is 14.4 Å². The molecule has 0 saturated carbocycles. The number of imide groups is 1. The molecule has 292 valence electrons. The van der Waals surface area contributed by atoms with Gasteiger partial charge in [-0.15, -0.1) is 5.06 Å². The number of carbonyl (C=O) groups excluding carboxylic acids is 6. The summed E-state index contributed by atoms with van der Waals surface area (Å²) in [7, 11) is 3.20. The minimum atomic E-state index is -4.56. The fourth-order valence-electron chi connectivity index (χ4n) is 4.93. The van der Waals surface area contributed by atoms with Crippen molar-refractivity contribution in [2.75, 3.05) is 10.2 Å². The highest BCUT2D eigenvalue weighted by Gasteiger charge is 2.37. The van der Waals surface area contributed by atoms with Gasteiger partial charge in [0.15, 0.2) is 0 Å². The molecule has 22 heteroatoms. The average molecular weight is 858 g/mol. The molecule has 2 atom stereocenters. The summed E-state index contributed by atoms with van der Waals surface area (Å²) >= 11 is 2.70. The van der Waals surface area contributed by atoms with Crippen LogP contribution in [0.4, 0.5) is 49.1 Å². The van der Waals surface area contributed by atoms with Crippen LogP contribution in [-0.4, -0.2) is 40.7 Å². The fraction of sp³-hybridized carbons (Fsp3) is 0.118. The molecule has 3 amide bonds. The second-order valence-electron chi connectivity index (χ2n) is 11.1. The first-order valence-corrected chi connectivity index (χ1v) is 18.0. The highest BCUT2D eigenvalue weighted by Crippen LogP contribution is 2.50. The number of hydrogen-bond donors (Lipinski definition) is 1. The normalized spacial score (nSPS) is 13.9. The van der Waals surface area contributed by atoms with Gasteiger partial charge in [0.1, 0.15) is 0 Å². The summed E-state index contributed by atoms with van der Waals surface area (Å²) in [6, 6.07) is 21.0. The van der Waals surface area contributed by atoms with Crippen LogP contribution in [0.5, 0.6) is 0 Å². The molecule has 0 spiro atoms. The first-order chi connectivity index (χ1) is 26.4. The van der Waals surface area contributed by atoms with Crippen LogP contribution in [0.25, 0.3) is 0 Å². The predicted molar refractivity (Wildman–Crippen MR) is 193 cm³/mol. The Morgan fingerprint density at radius 1 is 0.607 bits per heavy atom. The molecule has 4 aromatic carbocycles. The molecule has 7 rings (SSSR count). The van der Waals surface area contributed by atoms with E-state index in [-0.39, 0.29) is 23.6 Å². The first-order valence-electron chi connectivity index (χ1n) is 15.4. The van der Waals surface area contributed by atoms with E-state index in [4.69, 9.17) is 0 Å². The highest BCUT2D eigenvalue weighted by molar-refractivity contribution is 8.00. The van der Waals surface area contributed by atoms with Crippen LogP contribution in [-0.2, 0) is 55.0 Å². The largest absolute Gasteiger partial charge is 0.444 e. The average Bonchev–Trinajstić information content (AvgIpc) is 3.49. The molecular formula is C34H23F6N3O9P2S2. The number of amides is 3. The molecule has 0 bridgehead atoms. The molecule has 56 heavy (non-hydrogen) atoms. The first kappa shape index (κ1) is 42.0. The molecule has 0 aliphatic carbocycles. The monoisotopic (exact) mass is 857 g/mol. The number of carbonyl (C=O) groups is 6. The minimum absolute atomic E-state index is 0.00562. The lowest BCUT2D eigenvalue weighted by Gasteiger charge is -2.30. The van der Waals surface area contributed by atoms with Crippen LogP contribution in [0.3, 0.4) is 0 Å². The molecule has 3 aliphatic rings. The molecule has 0 radical (unpaired) electrons. The maximum atomic E-state index is 13.0. The molecule has 2 unspecified atom stereocenters. The second-order valence-corrected chi connectivity index (χ2v) is 13.7. The van der Waals surface area contributed by atoms with Gasteiger partial charge in [-0.3, -0.25) is 19.3 Å². The van der Waals surface area contributed by atoms with Gasteiger partial charge in [0, 0.05) is 32.4 Å². The van der Waals surface area contributed by atoms with E-state index in [1.165, 1.54) is 35.7 Å². The van der Waals surface area contributed by atoms with Crippen LogP contribution in [0.2, 0.25) is 0 Å². The van der Waals surface area contributed by atoms with Crippen molar-refractivity contribution in [3.8, 4) is 0 Å². The number of alkyl halides is 6. The summed E-state index contributed by atoms with van der Waals surface area (Å²) in [4.78, 5) is 75.2. The van der Waals surface area contributed by atoms with Crippen LogP contribution in [0, 0.1) is 0 Å². The van der Waals surface area contributed by atoms with E-state index in [9.17, 15) is 55.1 Å². The summed E-state index contributed by atoms with van der Waals surface area (Å²) in [5, 5.41) is 3.30. The Balaban J connectivity index is 0.000000167. The van der Waals surface area contributed by atoms with E-state index in [2.05, 4.69) is 19.2 Å². The van der Waals surface area contributed by atoms with E-state index in [1.807, 2.05) is 24.3 Å². The van der Waals surface area contributed by atoms with E-state index < -0.39 is 59.1 Å². The lowest BCUT2D eigenvalue weighted by atomic mass is 10.1. The molecule has 4 aromatic rings. The molecule has 3 heterocycles. The summed E-state index contributed by atoms with van der Waals surface area (Å²) < 4.78 is 85.2. The number of nitrogens with zero attached hydrogens (tertiary/aromatic N) is 2. The van der Waals surface area contributed by atoms with Gasteiger partial charge in [0.2, 0.25) is 0 Å². The molecule has 3 aliphatic heterocycles. The minimum Gasteiger partial charge on any atom is -0.444 e. The molecule has 1 saturated heterocycles. The number of fused-ring (bicyclic) bond motifs is 4. The summed E-state index contributed by atoms with van der Waals surface area (Å²) in [6.07, 6.45) is -8.92. The summed E-state index contributed by atoms with van der Waals surface area (Å²) in [5.74, 6) is -6.28. The van der Waals surface area contributed by atoms with Gasteiger partial charge >= 0.3 is 36.2 Å². The number of benzene rings is 4. The Labute approximate surface area is 325 Å². The Morgan fingerprint density at radius 3 is 1.71 bits per heavy atom. The number of anilines is 4. The number of rotatable bonds is 1. The van der Waals surface area contributed by atoms with Crippen molar-refractivity contribution in [2.45, 2.75) is 44.8 Å². The quantitative estimate of drug-likeness (QED) is 0.0754. The van der Waals surface area contributed by atoms with Gasteiger partial charge in [0.25, 0.3) is 11.8 Å². The lowest BCUT2D eigenvalue weighted by Crippen LogP contribution is -2.34. The maximum Gasteiger partial charge on any atom is 0.442 e. The van der Waals surface area contributed by atoms with Crippen LogP contribution < -0.4 is 10.2 Å². The van der Waals surface area contributed by atoms with Crippen molar-refractivity contribution in [1.82, 2.24) is 5.06 Å². The highest BCUT2D eigenvalue weighted by atomic mass is 32.2. The number of nitrogens with one attached hydrogen (secondary N) is 1. The van der Waals surface area contributed by atoms with Crippen molar-refractivity contribution < 1.29 is 69.0 Å². The maximum absolute atomic E-state index is 13.0. The van der Waals surface area contributed by atoms with E-state index in [0.29, 0.717) is 21.2 Å². The summed E-state index contributed by atoms with van der Waals surface area (Å²) in [6.45, 7) is 0. The van der Waals surface area contributed by atoms with Crippen molar-refractivity contribution in [2.24, 2.45) is 0 Å². The molecule has 0 aromatic heterocycles. The lowest BCUT2D eigenvalue weighted by molar-refractivity contribution is -0.200. The third kappa shape index (κ3) is 9.61. The third-order valence-electron chi connectivity index (χ3n) is 7.47. The predicted octanol–water partition coefficient (Wildman–Crippen LogP) is 8.01. The zero-order valence-electron chi connectivity index (χ0n) is 27.8. The Kier molecular flexibility index (Phi) is 13.0. The Hall–Kier alpha value is -5.16. The molecular weight excluding hydrogens is 834 g/mol. The van der Waals surface area contributed by atoms with Crippen LogP contribution in [0.1, 0.15) is 24.0 Å². The summed E-state index contributed by atoms with van der Waals surface area (Å²) in [5.41, 5.74) is 0.138. The van der Waals surface area contributed by atoms with Crippen molar-refractivity contribution in [1.29, 1.82) is 0 Å². The van der Waals surface area contributed by atoms with E-state index >= 15 is 0 Å². The van der Waals surface area contributed by atoms with Gasteiger partial charge in [-0.2, -0.15) is 26.3 Å². The van der Waals surface area contributed by atoms with Gasteiger partial charge in [-0.05, 0) is 60.7 Å². The van der Waals surface area contributed by atoms with Crippen LogP contribution in [0.15, 0.2) is 105 Å². The smallest absolute Gasteiger partial charge is 0.442 e. The number of hydrogen-bond acceptors (Lipinski definition) is 12. The van der Waals surface area contributed by atoms with Crippen molar-refractivity contribution in [3.05, 3.63) is 96.1 Å². The SMILES string of the molecule is FC(F)(F)c1ccc2c(c1)Nc1ccccc1S2.O=C(OP)C(=O)N1c2ccccc2Sc2ccc(C(F)(F)F)cc21.O=C(OP)C(=O)ON1C(=O)CCC1=O. The topological polar surface area (TPSA) is 149 Å². The van der Waals surface area contributed by atoms with E-state index in [0.717, 1.165) is 44.6 Å². The second kappa shape index (κ2) is 17.3. The van der Waals surface area contributed by atoms with Crippen molar-refractivity contribution >= 4 is 101 Å². The van der Waals surface area contributed by atoms with Crippen LogP contribution >= 0.6 is 42.5 Å². The van der Waals surface area contributed by atoms with Gasteiger partial charge in [-0.1, -0.05) is 47.8 Å². The zero-order chi connectivity index (χ0) is 40.9. The Bertz CT molecular complexity index is 2230. The van der Waals surface area contributed by atoms with E-state index in [1.54, 1.807) is 43.2 Å². The molecule has 1 fully saturated rings. The number of halogens is 6. The molecule has 12 nitrogen and oxygen atoms in total. The van der Waals surface area contributed by atoms with Gasteiger partial charge in [0.05, 0.1) is 52.8 Å².